The lowest BCUT2D eigenvalue weighted by Crippen LogP contribution is -2.42. The largest absolute Gasteiger partial charge is 0.0860 e. The highest BCUT2D eigenvalue weighted by molar-refractivity contribution is 6.89. The van der Waals surface area contributed by atoms with E-state index in [1.165, 1.54) is 38.1 Å². The Morgan fingerprint density at radius 3 is 2.60 bits per heavy atom. The highest BCUT2D eigenvalue weighted by Gasteiger charge is 2.40. The Balaban J connectivity index is 1.97. The molecule has 2 aliphatic rings. The second kappa shape index (κ2) is 4.69. The molecule has 0 N–H and O–H groups in total. The zero-order valence-corrected chi connectivity index (χ0v) is 11.3. The van der Waals surface area contributed by atoms with Crippen LogP contribution < -0.4 is 0 Å². The molecule has 0 aromatic carbocycles. The number of rotatable bonds is 5. The van der Waals surface area contributed by atoms with E-state index in [1.807, 2.05) is 5.20 Å². The van der Waals surface area contributed by atoms with Crippen molar-refractivity contribution in [1.29, 1.82) is 0 Å². The molecular weight excluding hydrogens is 196 g/mol. The molecule has 1 heterocycles. The molecule has 0 aromatic heterocycles. The Labute approximate surface area is 95.5 Å². The first kappa shape index (κ1) is 11.2. The summed E-state index contributed by atoms with van der Waals surface area (Å²) in [7, 11) is -0.880. The van der Waals surface area contributed by atoms with Crippen LogP contribution in [0.2, 0.25) is 18.1 Å². The zero-order valence-electron chi connectivity index (χ0n) is 10.3. The van der Waals surface area contributed by atoms with Crippen molar-refractivity contribution < 1.29 is 0 Å². The average molecular weight is 220 g/mol. The summed E-state index contributed by atoms with van der Waals surface area (Å²) in [4.78, 5) is 0. The zero-order chi connectivity index (χ0) is 10.7. The molecule has 0 radical (unpaired) electrons. The summed E-state index contributed by atoms with van der Waals surface area (Å²) in [6.45, 7) is 4.71. The fraction of sp³-hybridized carbons (Fsp3) is 0.714. The molecule has 0 bridgehead atoms. The van der Waals surface area contributed by atoms with Crippen LogP contribution in [0.1, 0.15) is 46.0 Å². The SMILES string of the molecule is CCCCC1=CC([Si]2(CC)CCC2)=CC1. The summed E-state index contributed by atoms with van der Waals surface area (Å²) in [6.07, 6.45) is 12.0. The van der Waals surface area contributed by atoms with Gasteiger partial charge < -0.3 is 0 Å². The highest BCUT2D eigenvalue weighted by atomic mass is 28.3. The monoisotopic (exact) mass is 220 g/mol. The van der Waals surface area contributed by atoms with Crippen LogP contribution >= 0.6 is 0 Å². The summed E-state index contributed by atoms with van der Waals surface area (Å²) >= 11 is 0. The van der Waals surface area contributed by atoms with Crippen molar-refractivity contribution in [2.75, 3.05) is 0 Å². The van der Waals surface area contributed by atoms with E-state index >= 15 is 0 Å². The van der Waals surface area contributed by atoms with E-state index in [1.54, 1.807) is 17.7 Å². The van der Waals surface area contributed by atoms with E-state index in [-0.39, 0.29) is 0 Å². The predicted octanol–water partition coefficient (Wildman–Crippen LogP) is 4.84. The van der Waals surface area contributed by atoms with Gasteiger partial charge >= 0.3 is 0 Å². The number of hydrogen-bond donors (Lipinski definition) is 0. The van der Waals surface area contributed by atoms with Gasteiger partial charge in [0.25, 0.3) is 0 Å². The van der Waals surface area contributed by atoms with Crippen molar-refractivity contribution >= 4 is 8.07 Å². The molecule has 84 valence electrons. The maximum Gasteiger partial charge on any atom is 0.0860 e. The summed E-state index contributed by atoms with van der Waals surface area (Å²) in [5.74, 6) is 0. The van der Waals surface area contributed by atoms with Crippen molar-refractivity contribution in [2.24, 2.45) is 0 Å². The Hall–Kier alpha value is -0.303. The van der Waals surface area contributed by atoms with Crippen LogP contribution in [0, 0.1) is 0 Å². The van der Waals surface area contributed by atoms with Crippen molar-refractivity contribution in [1.82, 2.24) is 0 Å². The minimum absolute atomic E-state index is 0.880. The maximum atomic E-state index is 2.59. The molecule has 1 fully saturated rings. The van der Waals surface area contributed by atoms with Gasteiger partial charge in [0.05, 0.1) is 8.07 Å². The normalized spacial score (nSPS) is 23.3. The minimum Gasteiger partial charge on any atom is -0.0812 e. The third-order valence-corrected chi connectivity index (χ3v) is 9.94. The smallest absolute Gasteiger partial charge is 0.0812 e. The second-order valence-corrected chi connectivity index (χ2v) is 10.1. The van der Waals surface area contributed by atoms with Crippen molar-refractivity contribution in [3.8, 4) is 0 Å². The van der Waals surface area contributed by atoms with Crippen LogP contribution in [0.4, 0.5) is 0 Å². The van der Waals surface area contributed by atoms with E-state index in [9.17, 15) is 0 Å². The van der Waals surface area contributed by atoms with Gasteiger partial charge in [-0.15, -0.1) is 0 Å². The fourth-order valence-electron chi connectivity index (χ4n) is 2.98. The summed E-state index contributed by atoms with van der Waals surface area (Å²) in [5, 5.41) is 1.82. The van der Waals surface area contributed by atoms with Gasteiger partial charge in [0.1, 0.15) is 0 Å². The van der Waals surface area contributed by atoms with Crippen molar-refractivity contribution in [3.05, 3.63) is 22.9 Å². The van der Waals surface area contributed by atoms with E-state index in [0.29, 0.717) is 0 Å². The van der Waals surface area contributed by atoms with Gasteiger partial charge in [-0.1, -0.05) is 67.7 Å². The first-order valence-corrected chi connectivity index (χ1v) is 9.33. The lowest BCUT2D eigenvalue weighted by Gasteiger charge is -2.40. The van der Waals surface area contributed by atoms with Crippen LogP contribution in [-0.4, -0.2) is 8.07 Å². The van der Waals surface area contributed by atoms with Gasteiger partial charge in [-0.25, -0.2) is 0 Å². The number of allylic oxidation sites excluding steroid dienone is 4. The van der Waals surface area contributed by atoms with E-state index < -0.39 is 8.07 Å². The molecule has 0 spiro atoms. The lowest BCUT2D eigenvalue weighted by molar-refractivity contribution is 0.779. The van der Waals surface area contributed by atoms with Crippen LogP contribution in [-0.2, 0) is 0 Å². The Bertz CT molecular complexity index is 276. The summed E-state index contributed by atoms with van der Waals surface area (Å²) in [5.41, 5.74) is 1.72. The molecule has 1 saturated heterocycles. The quantitative estimate of drug-likeness (QED) is 0.581. The van der Waals surface area contributed by atoms with Gasteiger partial charge in [-0.2, -0.15) is 0 Å². The Morgan fingerprint density at radius 1 is 1.27 bits per heavy atom. The molecule has 0 amide bonds. The molecule has 1 aliphatic heterocycles. The van der Waals surface area contributed by atoms with Crippen molar-refractivity contribution in [3.63, 3.8) is 0 Å². The molecule has 0 aromatic rings. The van der Waals surface area contributed by atoms with Gasteiger partial charge in [-0.3, -0.25) is 0 Å². The van der Waals surface area contributed by atoms with Crippen LogP contribution in [0.25, 0.3) is 0 Å². The molecule has 0 saturated carbocycles. The first-order chi connectivity index (χ1) is 7.30. The highest BCUT2D eigenvalue weighted by Crippen LogP contribution is 2.44. The number of unbranched alkanes of at least 4 members (excludes halogenated alkanes) is 1. The second-order valence-electron chi connectivity index (χ2n) is 5.26. The summed E-state index contributed by atoms with van der Waals surface area (Å²) in [6, 6.07) is 4.64. The molecule has 0 unspecified atom stereocenters. The standard InChI is InChI=1S/C14H24Si/c1-3-5-7-13-8-9-14(12-13)15(4-2)10-6-11-15/h9,12H,3-8,10-11H2,1-2H3. The molecule has 15 heavy (non-hydrogen) atoms. The Kier molecular flexibility index (Phi) is 3.50. The molecule has 0 nitrogen and oxygen atoms in total. The third-order valence-electron chi connectivity index (χ3n) is 4.40. The molecule has 2 rings (SSSR count). The van der Waals surface area contributed by atoms with Gasteiger partial charge in [0.15, 0.2) is 0 Å². The van der Waals surface area contributed by atoms with Crippen LogP contribution in [0.5, 0.6) is 0 Å². The maximum absolute atomic E-state index is 2.59. The first-order valence-electron chi connectivity index (χ1n) is 6.71. The van der Waals surface area contributed by atoms with E-state index in [2.05, 4.69) is 26.0 Å². The topological polar surface area (TPSA) is 0 Å². The van der Waals surface area contributed by atoms with E-state index in [0.717, 1.165) is 0 Å². The summed E-state index contributed by atoms with van der Waals surface area (Å²) < 4.78 is 0. The van der Waals surface area contributed by atoms with E-state index in [4.69, 9.17) is 0 Å². The minimum atomic E-state index is -0.880. The molecule has 0 atom stereocenters. The van der Waals surface area contributed by atoms with Crippen LogP contribution in [0.3, 0.4) is 0 Å². The lowest BCUT2D eigenvalue weighted by atomic mass is 10.1. The van der Waals surface area contributed by atoms with Crippen molar-refractivity contribution in [2.45, 2.75) is 64.1 Å². The van der Waals surface area contributed by atoms with Crippen LogP contribution in [0.15, 0.2) is 22.9 Å². The van der Waals surface area contributed by atoms with Gasteiger partial charge in [-0.05, 0) is 19.3 Å². The third kappa shape index (κ3) is 2.12. The average Bonchev–Trinajstić information content (AvgIpc) is 2.63. The fourth-order valence-corrected chi connectivity index (χ4v) is 6.92. The molecule has 1 aliphatic carbocycles. The number of hydrogen-bond acceptors (Lipinski definition) is 0. The Morgan fingerprint density at radius 2 is 2.07 bits per heavy atom. The predicted molar refractivity (Wildman–Crippen MR) is 70.8 cm³/mol. The molecular formula is C14H24Si. The van der Waals surface area contributed by atoms with Gasteiger partial charge in [0.2, 0.25) is 0 Å². The molecule has 1 heteroatoms. The van der Waals surface area contributed by atoms with Gasteiger partial charge in [0, 0.05) is 0 Å².